The summed E-state index contributed by atoms with van der Waals surface area (Å²) in [7, 11) is 1.65. The summed E-state index contributed by atoms with van der Waals surface area (Å²) in [5.41, 5.74) is 1.52. The third kappa shape index (κ3) is 4.72. The van der Waals surface area contributed by atoms with Gasteiger partial charge >= 0.3 is 0 Å². The zero-order chi connectivity index (χ0) is 23.5. The van der Waals surface area contributed by atoms with E-state index in [1.165, 1.54) is 12.8 Å². The van der Waals surface area contributed by atoms with Gasteiger partial charge in [-0.2, -0.15) is 0 Å². The van der Waals surface area contributed by atoms with Gasteiger partial charge in [0.1, 0.15) is 5.75 Å². The molecule has 2 aromatic heterocycles. The molecule has 2 fully saturated rings. The number of aromatic nitrogens is 5. The zero-order valence-corrected chi connectivity index (χ0v) is 20.1. The van der Waals surface area contributed by atoms with Crippen LogP contribution in [0.2, 0.25) is 0 Å². The van der Waals surface area contributed by atoms with Crippen molar-refractivity contribution in [2.75, 3.05) is 13.7 Å². The van der Waals surface area contributed by atoms with Crippen molar-refractivity contribution in [3.05, 3.63) is 46.0 Å². The van der Waals surface area contributed by atoms with E-state index in [1.807, 2.05) is 28.9 Å². The fraction of sp³-hybridized carbons (Fsp3) is 0.600. The first-order chi connectivity index (χ1) is 16.7. The third-order valence-corrected chi connectivity index (χ3v) is 7.32. The molecule has 0 spiro atoms. The Hall–Kier alpha value is -2.78. The van der Waals surface area contributed by atoms with E-state index < -0.39 is 0 Å². The van der Waals surface area contributed by atoms with Crippen molar-refractivity contribution >= 4 is 10.9 Å². The highest BCUT2D eigenvalue weighted by Crippen LogP contribution is 2.34. The van der Waals surface area contributed by atoms with Gasteiger partial charge in [0.05, 0.1) is 25.8 Å². The standard InChI is InChI=1S/C25H34N6O3/c1-3-23(24-27-28-29-31(24)16-21-9-6-12-34-21)30(19-7-4-5-8-19)15-18-13-17-14-20(33-2)10-11-22(17)26-25(18)32/h10-11,13-14,19,21,23H,3-9,12,15-16H2,1-2H3,(H,26,32). The highest BCUT2D eigenvalue weighted by Gasteiger charge is 2.33. The van der Waals surface area contributed by atoms with Gasteiger partial charge in [-0.15, -0.1) is 5.10 Å². The van der Waals surface area contributed by atoms with Gasteiger partial charge < -0.3 is 14.5 Å². The maximum atomic E-state index is 13.1. The van der Waals surface area contributed by atoms with Crippen molar-refractivity contribution in [3.63, 3.8) is 0 Å². The lowest BCUT2D eigenvalue weighted by molar-refractivity contribution is 0.0839. The second-order valence-corrected chi connectivity index (χ2v) is 9.47. The number of nitrogens with zero attached hydrogens (tertiary/aromatic N) is 5. The molecule has 0 amide bonds. The molecule has 0 bridgehead atoms. The predicted molar refractivity (Wildman–Crippen MR) is 129 cm³/mol. The number of ether oxygens (including phenoxy) is 2. The summed E-state index contributed by atoms with van der Waals surface area (Å²) in [6.45, 7) is 4.21. The lowest BCUT2D eigenvalue weighted by atomic mass is 10.0. The molecular weight excluding hydrogens is 432 g/mol. The molecule has 1 N–H and O–H groups in total. The van der Waals surface area contributed by atoms with Crippen molar-refractivity contribution in [1.29, 1.82) is 0 Å². The molecule has 3 heterocycles. The van der Waals surface area contributed by atoms with Gasteiger partial charge in [-0.1, -0.05) is 19.8 Å². The van der Waals surface area contributed by atoms with Gasteiger partial charge in [0, 0.05) is 35.7 Å². The maximum Gasteiger partial charge on any atom is 0.252 e. The largest absolute Gasteiger partial charge is 0.497 e. The van der Waals surface area contributed by atoms with Crippen LogP contribution in [0.4, 0.5) is 0 Å². The fourth-order valence-corrected chi connectivity index (χ4v) is 5.53. The highest BCUT2D eigenvalue weighted by molar-refractivity contribution is 5.80. The van der Waals surface area contributed by atoms with E-state index >= 15 is 0 Å². The number of aromatic amines is 1. The molecule has 5 rings (SSSR count). The van der Waals surface area contributed by atoms with Gasteiger partial charge in [0.25, 0.3) is 5.56 Å². The van der Waals surface area contributed by atoms with Crippen molar-refractivity contribution in [2.24, 2.45) is 0 Å². The summed E-state index contributed by atoms with van der Waals surface area (Å²) < 4.78 is 13.1. The molecule has 3 aromatic rings. The van der Waals surface area contributed by atoms with Crippen molar-refractivity contribution < 1.29 is 9.47 Å². The highest BCUT2D eigenvalue weighted by atomic mass is 16.5. The van der Waals surface area contributed by atoms with Crippen molar-refractivity contribution in [2.45, 2.75) is 83.1 Å². The molecule has 34 heavy (non-hydrogen) atoms. The van der Waals surface area contributed by atoms with Gasteiger partial charge in [-0.05, 0) is 66.8 Å². The number of fused-ring (bicyclic) bond motifs is 1. The fourth-order valence-electron chi connectivity index (χ4n) is 5.53. The summed E-state index contributed by atoms with van der Waals surface area (Å²) >= 11 is 0. The van der Waals surface area contributed by atoms with Gasteiger partial charge in [0.2, 0.25) is 0 Å². The predicted octanol–water partition coefficient (Wildman–Crippen LogP) is 3.60. The molecule has 9 nitrogen and oxygen atoms in total. The van der Waals surface area contributed by atoms with Crippen molar-refractivity contribution in [3.8, 4) is 5.75 Å². The van der Waals surface area contributed by atoms with E-state index in [1.54, 1.807) is 7.11 Å². The van der Waals surface area contributed by atoms with Gasteiger partial charge in [-0.25, -0.2) is 4.68 Å². The Morgan fingerprint density at radius 3 is 2.82 bits per heavy atom. The molecule has 2 atom stereocenters. The SMILES string of the molecule is CCC(c1nnnn1CC1CCCO1)N(Cc1cc2cc(OC)ccc2[nH]c1=O)C1CCCC1. The zero-order valence-electron chi connectivity index (χ0n) is 20.1. The van der Waals surface area contributed by atoms with Crippen LogP contribution < -0.4 is 10.3 Å². The van der Waals surface area contributed by atoms with Crippen LogP contribution in [0.25, 0.3) is 10.9 Å². The van der Waals surface area contributed by atoms with E-state index in [4.69, 9.17) is 9.47 Å². The minimum atomic E-state index is -0.0468. The third-order valence-electron chi connectivity index (χ3n) is 7.32. The lowest BCUT2D eigenvalue weighted by Crippen LogP contribution is -2.39. The van der Waals surface area contributed by atoms with Crippen LogP contribution in [0, 0.1) is 0 Å². The number of rotatable bonds is 9. The number of pyridine rings is 1. The maximum absolute atomic E-state index is 13.1. The number of H-pyrrole nitrogens is 1. The van der Waals surface area contributed by atoms with Crippen molar-refractivity contribution in [1.82, 2.24) is 30.1 Å². The van der Waals surface area contributed by atoms with Crippen LogP contribution in [-0.4, -0.2) is 56.0 Å². The molecule has 1 aliphatic carbocycles. The van der Waals surface area contributed by atoms with E-state index in [2.05, 4.69) is 32.3 Å². The Bertz CT molecular complexity index is 1160. The van der Waals surface area contributed by atoms with Crippen LogP contribution in [0.15, 0.2) is 29.1 Å². The summed E-state index contributed by atoms with van der Waals surface area (Å²) in [6, 6.07) is 8.15. The second kappa shape index (κ2) is 10.2. The molecule has 1 aromatic carbocycles. The molecule has 2 unspecified atom stereocenters. The summed E-state index contributed by atoms with van der Waals surface area (Å²) in [6.07, 6.45) is 7.83. The van der Waals surface area contributed by atoms with Crippen LogP contribution in [0.3, 0.4) is 0 Å². The minimum Gasteiger partial charge on any atom is -0.497 e. The number of tetrazole rings is 1. The van der Waals surface area contributed by atoms with Gasteiger partial charge in [0.15, 0.2) is 5.82 Å². The number of methoxy groups -OCH3 is 1. The average Bonchev–Trinajstić information content (AvgIpc) is 3.63. The lowest BCUT2D eigenvalue weighted by Gasteiger charge is -2.35. The Morgan fingerprint density at radius 1 is 1.24 bits per heavy atom. The first-order valence-electron chi connectivity index (χ1n) is 12.5. The van der Waals surface area contributed by atoms with Crippen LogP contribution in [0.1, 0.15) is 69.3 Å². The molecular formula is C25H34N6O3. The Balaban J connectivity index is 1.48. The molecule has 1 aliphatic heterocycles. The molecule has 0 radical (unpaired) electrons. The van der Waals surface area contributed by atoms with Crippen LogP contribution in [-0.2, 0) is 17.8 Å². The van der Waals surface area contributed by atoms with E-state index in [9.17, 15) is 4.79 Å². The monoisotopic (exact) mass is 466 g/mol. The van der Waals surface area contributed by atoms with Crippen LogP contribution >= 0.6 is 0 Å². The van der Waals surface area contributed by atoms with E-state index in [0.29, 0.717) is 19.1 Å². The Kier molecular flexibility index (Phi) is 6.92. The summed E-state index contributed by atoms with van der Waals surface area (Å²) in [5.74, 6) is 1.64. The minimum absolute atomic E-state index is 0.0277. The average molecular weight is 467 g/mol. The molecule has 2 aliphatic rings. The van der Waals surface area contributed by atoms with E-state index in [-0.39, 0.29) is 17.7 Å². The van der Waals surface area contributed by atoms with Gasteiger partial charge in [-0.3, -0.25) is 9.69 Å². The Labute approximate surface area is 199 Å². The van der Waals surface area contributed by atoms with E-state index in [0.717, 1.165) is 66.8 Å². The second-order valence-electron chi connectivity index (χ2n) is 9.47. The topological polar surface area (TPSA) is 98.2 Å². The summed E-state index contributed by atoms with van der Waals surface area (Å²) in [4.78, 5) is 18.6. The molecule has 182 valence electrons. The number of hydrogen-bond acceptors (Lipinski definition) is 7. The smallest absolute Gasteiger partial charge is 0.252 e. The summed E-state index contributed by atoms with van der Waals surface area (Å²) in [5, 5.41) is 13.8. The number of hydrogen-bond donors (Lipinski definition) is 1. The normalized spacial score (nSPS) is 19.9. The molecule has 1 saturated heterocycles. The first kappa shape index (κ1) is 23.0. The number of nitrogens with one attached hydrogen (secondary N) is 1. The number of benzene rings is 1. The van der Waals surface area contributed by atoms with Crippen LogP contribution in [0.5, 0.6) is 5.75 Å². The molecule has 1 saturated carbocycles. The Morgan fingerprint density at radius 2 is 2.09 bits per heavy atom. The quantitative estimate of drug-likeness (QED) is 0.514. The molecule has 9 heteroatoms. The first-order valence-corrected chi connectivity index (χ1v) is 12.5.